The second-order valence-electron chi connectivity index (χ2n) is 6.47. The highest BCUT2D eigenvalue weighted by Crippen LogP contribution is 2.39. The van der Waals surface area contributed by atoms with Crippen LogP contribution in [-0.2, 0) is 36.7 Å². The number of nitrogens with one attached hydrogen (secondary N) is 2. The predicted molar refractivity (Wildman–Crippen MR) is 112 cm³/mol. The number of ether oxygens (including phenoxy) is 2. The number of carbonyl (C=O) groups excluding carboxylic acids is 4. The van der Waals surface area contributed by atoms with Crippen molar-refractivity contribution in [3.05, 3.63) is 16.0 Å². The highest BCUT2D eigenvalue weighted by molar-refractivity contribution is 7.98. The Kier molecular flexibility index (Phi) is 8.97. The van der Waals surface area contributed by atoms with Gasteiger partial charge in [-0.3, -0.25) is 9.59 Å². The Hall–Kier alpha value is -2.07. The van der Waals surface area contributed by atoms with Crippen molar-refractivity contribution in [2.75, 3.05) is 30.5 Å². The largest absolute Gasteiger partial charge is 0.462 e. The fraction of sp³-hybridized carbons (Fsp3) is 0.579. The van der Waals surface area contributed by atoms with Crippen molar-refractivity contribution in [1.82, 2.24) is 5.32 Å². The van der Waals surface area contributed by atoms with Gasteiger partial charge in [0.25, 0.3) is 5.91 Å². The smallest absolute Gasteiger partial charge is 0.341 e. The lowest BCUT2D eigenvalue weighted by atomic mass is 10.1. The molecule has 10 heteroatoms. The maximum absolute atomic E-state index is 12.3. The van der Waals surface area contributed by atoms with Crippen molar-refractivity contribution < 1.29 is 28.7 Å². The number of esters is 2. The number of hydrogen-bond acceptors (Lipinski definition) is 8. The summed E-state index contributed by atoms with van der Waals surface area (Å²) in [6.45, 7) is 2.79. The number of carbonyl (C=O) groups is 4. The van der Waals surface area contributed by atoms with Gasteiger partial charge in [-0.15, -0.1) is 11.3 Å². The van der Waals surface area contributed by atoms with E-state index in [1.165, 1.54) is 30.0 Å². The summed E-state index contributed by atoms with van der Waals surface area (Å²) in [6, 6.07) is -0.798. The van der Waals surface area contributed by atoms with Crippen LogP contribution in [0.15, 0.2) is 0 Å². The molecule has 0 unspecified atom stereocenters. The van der Waals surface area contributed by atoms with Crippen LogP contribution >= 0.6 is 23.1 Å². The van der Waals surface area contributed by atoms with Crippen LogP contribution < -0.4 is 10.6 Å². The van der Waals surface area contributed by atoms with Crippen molar-refractivity contribution in [3.63, 3.8) is 0 Å². The minimum atomic E-state index is -0.798. The van der Waals surface area contributed by atoms with E-state index in [0.717, 1.165) is 29.7 Å². The van der Waals surface area contributed by atoms with Gasteiger partial charge in [0, 0.05) is 11.8 Å². The first-order valence-electron chi connectivity index (χ1n) is 9.41. The van der Waals surface area contributed by atoms with E-state index in [9.17, 15) is 19.2 Å². The number of aryl methyl sites for hydroxylation is 1. The van der Waals surface area contributed by atoms with Crippen molar-refractivity contribution in [2.24, 2.45) is 0 Å². The summed E-state index contributed by atoms with van der Waals surface area (Å²) < 4.78 is 10.2. The molecule has 2 rings (SSSR count). The van der Waals surface area contributed by atoms with Gasteiger partial charge in [-0.25, -0.2) is 9.59 Å². The lowest BCUT2D eigenvalue weighted by molar-refractivity contribution is -0.150. The van der Waals surface area contributed by atoms with E-state index < -0.39 is 30.5 Å². The molecule has 29 heavy (non-hydrogen) atoms. The van der Waals surface area contributed by atoms with Crippen LogP contribution in [0.4, 0.5) is 5.00 Å². The van der Waals surface area contributed by atoms with E-state index in [1.807, 2.05) is 6.26 Å². The molecule has 1 heterocycles. The van der Waals surface area contributed by atoms with Crippen LogP contribution in [0.3, 0.4) is 0 Å². The molecule has 2 N–H and O–H groups in total. The summed E-state index contributed by atoms with van der Waals surface area (Å²) >= 11 is 2.90. The average molecular weight is 443 g/mol. The Balaban J connectivity index is 1.99. The van der Waals surface area contributed by atoms with Crippen LogP contribution in [0.5, 0.6) is 0 Å². The molecule has 0 spiro atoms. The number of hydrogen-bond donors (Lipinski definition) is 2. The fourth-order valence-electron chi connectivity index (χ4n) is 3.04. The van der Waals surface area contributed by atoms with Crippen LogP contribution in [0.2, 0.25) is 0 Å². The lowest BCUT2D eigenvalue weighted by Gasteiger charge is -2.16. The predicted octanol–water partition coefficient (Wildman–Crippen LogP) is 2.15. The molecule has 1 aromatic rings. The molecule has 1 aliphatic rings. The fourth-order valence-corrected chi connectivity index (χ4v) is 4.81. The maximum Gasteiger partial charge on any atom is 0.341 e. The molecule has 1 atom stereocenters. The SMILES string of the molecule is CCOC(=O)c1c(NC(=O)COC(=O)[C@H](CCSC)NC(C)=O)sc2c1CCC2. The number of thiophene rings is 1. The maximum atomic E-state index is 12.3. The standard InChI is InChI=1S/C19H26N2O6S2/c1-4-26-19(25)16-12-6-5-7-14(12)29-17(16)21-15(23)10-27-18(24)13(8-9-28-3)20-11(2)22/h13H,4-10H2,1-3H3,(H,20,22)(H,21,23)/t13-/m0/s1. The highest BCUT2D eigenvalue weighted by Gasteiger charge is 2.29. The van der Waals surface area contributed by atoms with Crippen molar-refractivity contribution in [3.8, 4) is 0 Å². The highest BCUT2D eigenvalue weighted by atomic mass is 32.2. The van der Waals surface area contributed by atoms with Gasteiger partial charge >= 0.3 is 11.9 Å². The quantitative estimate of drug-likeness (QED) is 0.534. The molecule has 160 valence electrons. The Labute approximate surface area is 178 Å². The van der Waals surface area contributed by atoms with Gasteiger partial charge in [0.05, 0.1) is 12.2 Å². The zero-order valence-corrected chi connectivity index (χ0v) is 18.4. The molecule has 0 fully saturated rings. The minimum absolute atomic E-state index is 0.245. The Morgan fingerprint density at radius 2 is 1.97 bits per heavy atom. The third-order valence-electron chi connectivity index (χ3n) is 4.27. The van der Waals surface area contributed by atoms with Gasteiger partial charge < -0.3 is 20.1 Å². The first kappa shape index (κ1) is 23.2. The number of amides is 2. The molecular weight excluding hydrogens is 416 g/mol. The second kappa shape index (κ2) is 11.2. The first-order valence-corrected chi connectivity index (χ1v) is 11.6. The van der Waals surface area contributed by atoms with Crippen LogP contribution in [0.25, 0.3) is 0 Å². The first-order chi connectivity index (χ1) is 13.9. The molecular formula is C19H26N2O6S2. The molecule has 1 aromatic heterocycles. The molecule has 8 nitrogen and oxygen atoms in total. The van der Waals surface area contributed by atoms with Crippen LogP contribution in [0, 0.1) is 0 Å². The Bertz CT molecular complexity index is 777. The molecule has 0 aliphatic heterocycles. The summed E-state index contributed by atoms with van der Waals surface area (Å²) in [6.07, 6.45) is 4.92. The van der Waals surface area contributed by atoms with Crippen LogP contribution in [0.1, 0.15) is 47.5 Å². The molecule has 2 amide bonds. The zero-order valence-electron chi connectivity index (χ0n) is 16.8. The van der Waals surface area contributed by atoms with Gasteiger partial charge in [-0.1, -0.05) is 0 Å². The van der Waals surface area contributed by atoms with Gasteiger partial charge in [-0.2, -0.15) is 11.8 Å². The molecule has 0 saturated carbocycles. The number of fused-ring (bicyclic) bond motifs is 1. The van der Waals surface area contributed by atoms with E-state index in [2.05, 4.69) is 10.6 Å². The van der Waals surface area contributed by atoms with Crippen LogP contribution in [-0.4, -0.2) is 55.0 Å². The third kappa shape index (κ3) is 6.46. The van der Waals surface area contributed by atoms with Gasteiger partial charge in [0.15, 0.2) is 6.61 Å². The topological polar surface area (TPSA) is 111 Å². The molecule has 0 saturated heterocycles. The van der Waals surface area contributed by atoms with Crippen molar-refractivity contribution in [2.45, 2.75) is 45.6 Å². The van der Waals surface area contributed by atoms with E-state index in [4.69, 9.17) is 9.47 Å². The van der Waals surface area contributed by atoms with Gasteiger partial charge in [-0.05, 0) is 50.2 Å². The van der Waals surface area contributed by atoms with Gasteiger partial charge in [0.2, 0.25) is 5.91 Å². The second-order valence-corrected chi connectivity index (χ2v) is 8.56. The van der Waals surface area contributed by atoms with Crippen molar-refractivity contribution >= 4 is 51.9 Å². The summed E-state index contributed by atoms with van der Waals surface area (Å²) in [5.74, 6) is -1.35. The zero-order chi connectivity index (χ0) is 21.4. The Morgan fingerprint density at radius 3 is 2.62 bits per heavy atom. The number of thioether (sulfide) groups is 1. The summed E-state index contributed by atoms with van der Waals surface area (Å²) in [5, 5.41) is 5.63. The van der Waals surface area contributed by atoms with E-state index in [-0.39, 0.29) is 12.5 Å². The summed E-state index contributed by atoms with van der Waals surface area (Å²) in [4.78, 5) is 49.2. The normalized spacial score (nSPS) is 13.3. The molecule has 1 aliphatic carbocycles. The number of anilines is 1. The number of rotatable bonds is 10. The Morgan fingerprint density at radius 1 is 1.21 bits per heavy atom. The van der Waals surface area contributed by atoms with Crippen molar-refractivity contribution in [1.29, 1.82) is 0 Å². The lowest BCUT2D eigenvalue weighted by Crippen LogP contribution is -2.42. The average Bonchev–Trinajstić information content (AvgIpc) is 3.23. The van der Waals surface area contributed by atoms with E-state index in [0.29, 0.717) is 22.7 Å². The van der Waals surface area contributed by atoms with E-state index >= 15 is 0 Å². The third-order valence-corrected chi connectivity index (χ3v) is 6.12. The minimum Gasteiger partial charge on any atom is -0.462 e. The van der Waals surface area contributed by atoms with Gasteiger partial charge in [0.1, 0.15) is 11.0 Å². The molecule has 0 bridgehead atoms. The molecule has 0 radical (unpaired) electrons. The monoisotopic (exact) mass is 442 g/mol. The molecule has 0 aromatic carbocycles. The summed E-state index contributed by atoms with van der Waals surface area (Å²) in [5.41, 5.74) is 1.34. The van der Waals surface area contributed by atoms with E-state index in [1.54, 1.807) is 6.92 Å². The summed E-state index contributed by atoms with van der Waals surface area (Å²) in [7, 11) is 0.